The number of likely N-dealkylation sites (tertiary alicyclic amines) is 1. The number of carbonyl (C=O) groups excluding carboxylic acids is 1. The first-order valence-electron chi connectivity index (χ1n) is 7.40. The topological polar surface area (TPSA) is 64.2 Å². The Balaban J connectivity index is 0.000000231. The number of nitrogens with zero attached hydrogens (tertiary/aromatic N) is 3. The average Bonchev–Trinajstić information content (AvgIpc) is 3.14. The van der Waals surface area contributed by atoms with Gasteiger partial charge in [-0.25, -0.2) is 0 Å². The number of aromatic nitrogens is 2. The lowest BCUT2D eigenvalue weighted by Gasteiger charge is -2.01. The molecule has 1 aliphatic rings. The van der Waals surface area contributed by atoms with Crippen LogP contribution in [-0.2, 0) is 7.05 Å². The molecule has 118 valence electrons. The number of amides is 1. The van der Waals surface area contributed by atoms with Crippen molar-refractivity contribution >= 4 is 27.5 Å². The summed E-state index contributed by atoms with van der Waals surface area (Å²) in [5.74, 6) is -0.374. The van der Waals surface area contributed by atoms with Gasteiger partial charge >= 0.3 is 0 Å². The van der Waals surface area contributed by atoms with E-state index in [2.05, 4.69) is 17.0 Å². The van der Waals surface area contributed by atoms with Crippen molar-refractivity contribution in [3.63, 3.8) is 0 Å². The van der Waals surface area contributed by atoms with Crippen LogP contribution in [0.4, 0.5) is 0 Å². The van der Waals surface area contributed by atoms with Crippen LogP contribution in [0.25, 0.3) is 10.2 Å². The van der Waals surface area contributed by atoms with Gasteiger partial charge in [0.1, 0.15) is 4.83 Å². The fraction of sp³-hybridized carbons (Fsp3) is 0.600. The fourth-order valence-corrected chi connectivity index (χ4v) is 3.18. The Kier molecular flexibility index (Phi) is 6.84. The zero-order valence-electron chi connectivity index (χ0n) is 13.6. The normalized spacial score (nSPS) is 14.3. The van der Waals surface area contributed by atoms with Crippen molar-refractivity contribution in [1.29, 1.82) is 0 Å². The van der Waals surface area contributed by atoms with E-state index >= 15 is 0 Å². The highest BCUT2D eigenvalue weighted by Gasteiger charge is 2.12. The monoisotopic (exact) mass is 310 g/mol. The van der Waals surface area contributed by atoms with Gasteiger partial charge in [-0.05, 0) is 46.0 Å². The highest BCUT2D eigenvalue weighted by Crippen LogP contribution is 2.26. The molecule has 5 nitrogen and oxygen atoms in total. The Labute approximate surface area is 130 Å². The van der Waals surface area contributed by atoms with Gasteiger partial charge in [0.25, 0.3) is 5.91 Å². The van der Waals surface area contributed by atoms with Gasteiger partial charge in [-0.2, -0.15) is 5.10 Å². The molecule has 21 heavy (non-hydrogen) atoms. The van der Waals surface area contributed by atoms with Crippen LogP contribution in [0.15, 0.2) is 6.07 Å². The summed E-state index contributed by atoms with van der Waals surface area (Å²) in [4.78, 5) is 14.8. The van der Waals surface area contributed by atoms with E-state index in [1.165, 1.54) is 37.3 Å². The smallest absolute Gasteiger partial charge is 0.258 e. The molecule has 1 amide bonds. The van der Waals surface area contributed by atoms with Gasteiger partial charge in [-0.1, -0.05) is 13.8 Å². The Morgan fingerprint density at radius 1 is 1.29 bits per heavy atom. The maximum Gasteiger partial charge on any atom is 0.258 e. The highest BCUT2D eigenvalue weighted by atomic mass is 32.1. The van der Waals surface area contributed by atoms with E-state index in [0.29, 0.717) is 4.88 Å². The zero-order valence-corrected chi connectivity index (χ0v) is 14.5. The summed E-state index contributed by atoms with van der Waals surface area (Å²) >= 11 is 1.38. The third kappa shape index (κ3) is 4.54. The number of nitrogens with two attached hydrogens (primary N) is 1. The molecule has 0 aliphatic carbocycles. The van der Waals surface area contributed by atoms with E-state index in [9.17, 15) is 4.79 Å². The molecule has 3 rings (SSSR count). The minimum Gasteiger partial charge on any atom is -0.365 e. The van der Waals surface area contributed by atoms with Crippen LogP contribution in [0, 0.1) is 6.92 Å². The second kappa shape index (κ2) is 8.14. The number of aryl methyl sites for hydroxylation is 2. The van der Waals surface area contributed by atoms with Crippen molar-refractivity contribution < 1.29 is 4.79 Å². The maximum absolute atomic E-state index is 10.9. The van der Waals surface area contributed by atoms with Gasteiger partial charge in [0.2, 0.25) is 0 Å². The summed E-state index contributed by atoms with van der Waals surface area (Å²) in [6.45, 7) is 8.56. The molecule has 1 fully saturated rings. The molecule has 2 aromatic rings. The SMILES string of the molecule is CC.CN1CCCC1.Cc1nn(C)c2sc(C(N)=O)cc12. The summed E-state index contributed by atoms with van der Waals surface area (Å²) < 4.78 is 1.77. The Morgan fingerprint density at radius 2 is 1.86 bits per heavy atom. The predicted molar refractivity (Wildman–Crippen MR) is 89.9 cm³/mol. The molecule has 2 N–H and O–H groups in total. The summed E-state index contributed by atoms with van der Waals surface area (Å²) in [5.41, 5.74) is 6.11. The standard InChI is InChI=1S/C8H9N3OS.C5H11N.C2H6/c1-4-5-3-6(7(9)12)13-8(5)11(2)10-4;1-6-4-2-3-5-6;1-2/h3H,1-2H3,(H2,9,12);2-5H2,1H3;1-2H3. The number of primary amides is 1. The second-order valence-electron chi connectivity index (χ2n) is 4.91. The summed E-state index contributed by atoms with van der Waals surface area (Å²) in [6, 6.07) is 1.80. The summed E-state index contributed by atoms with van der Waals surface area (Å²) in [6.07, 6.45) is 2.83. The molecule has 0 bridgehead atoms. The Hall–Kier alpha value is -1.40. The number of carbonyl (C=O) groups is 1. The molecule has 1 saturated heterocycles. The van der Waals surface area contributed by atoms with Crippen molar-refractivity contribution in [2.75, 3.05) is 20.1 Å². The molecule has 6 heteroatoms. The zero-order chi connectivity index (χ0) is 16.0. The molecule has 0 spiro atoms. The van der Waals surface area contributed by atoms with E-state index in [4.69, 9.17) is 5.73 Å². The first-order valence-corrected chi connectivity index (χ1v) is 8.22. The number of hydrogen-bond donors (Lipinski definition) is 1. The number of fused-ring (bicyclic) bond motifs is 1. The summed E-state index contributed by atoms with van der Waals surface area (Å²) in [7, 11) is 4.03. The van der Waals surface area contributed by atoms with E-state index in [1.54, 1.807) is 10.7 Å². The van der Waals surface area contributed by atoms with E-state index in [1.807, 2.05) is 27.8 Å². The second-order valence-corrected chi connectivity index (χ2v) is 5.94. The number of rotatable bonds is 1. The molecular formula is C15H26N4OS. The van der Waals surface area contributed by atoms with Crippen LogP contribution < -0.4 is 5.73 Å². The molecule has 0 unspecified atom stereocenters. The van der Waals surface area contributed by atoms with Gasteiger partial charge in [-0.3, -0.25) is 9.48 Å². The van der Waals surface area contributed by atoms with Crippen LogP contribution in [0.2, 0.25) is 0 Å². The molecule has 0 saturated carbocycles. The molecular weight excluding hydrogens is 284 g/mol. The first-order chi connectivity index (χ1) is 9.99. The summed E-state index contributed by atoms with van der Waals surface area (Å²) in [5, 5.41) is 5.24. The quantitative estimate of drug-likeness (QED) is 0.881. The molecule has 3 heterocycles. The highest BCUT2D eigenvalue weighted by molar-refractivity contribution is 7.20. The third-order valence-corrected chi connectivity index (χ3v) is 4.49. The Bertz CT molecular complexity index is 547. The van der Waals surface area contributed by atoms with E-state index < -0.39 is 0 Å². The average molecular weight is 310 g/mol. The lowest BCUT2D eigenvalue weighted by Crippen LogP contribution is -2.10. The van der Waals surface area contributed by atoms with Crippen molar-refractivity contribution in [2.45, 2.75) is 33.6 Å². The van der Waals surface area contributed by atoms with Crippen molar-refractivity contribution in [2.24, 2.45) is 12.8 Å². The van der Waals surface area contributed by atoms with E-state index in [-0.39, 0.29) is 5.91 Å². The van der Waals surface area contributed by atoms with Crippen LogP contribution in [0.5, 0.6) is 0 Å². The largest absolute Gasteiger partial charge is 0.365 e. The minimum atomic E-state index is -0.374. The molecule has 1 aliphatic heterocycles. The number of thiophene rings is 1. The van der Waals surface area contributed by atoms with Gasteiger partial charge < -0.3 is 10.6 Å². The van der Waals surface area contributed by atoms with Gasteiger partial charge in [0, 0.05) is 12.4 Å². The van der Waals surface area contributed by atoms with Crippen LogP contribution >= 0.6 is 11.3 Å². The van der Waals surface area contributed by atoms with Crippen molar-refractivity contribution in [3.8, 4) is 0 Å². The van der Waals surface area contributed by atoms with Crippen LogP contribution in [0.1, 0.15) is 42.1 Å². The van der Waals surface area contributed by atoms with Crippen molar-refractivity contribution in [3.05, 3.63) is 16.6 Å². The van der Waals surface area contributed by atoms with Gasteiger partial charge in [0.05, 0.1) is 10.6 Å². The lowest BCUT2D eigenvalue weighted by molar-refractivity contribution is 0.100. The Morgan fingerprint density at radius 3 is 2.24 bits per heavy atom. The fourth-order valence-electron chi connectivity index (χ4n) is 2.20. The van der Waals surface area contributed by atoms with Gasteiger partial charge in [-0.15, -0.1) is 11.3 Å². The van der Waals surface area contributed by atoms with Gasteiger partial charge in [0.15, 0.2) is 0 Å². The molecule has 0 radical (unpaired) electrons. The maximum atomic E-state index is 10.9. The van der Waals surface area contributed by atoms with Crippen LogP contribution in [0.3, 0.4) is 0 Å². The predicted octanol–water partition coefficient (Wildman–Crippen LogP) is 2.78. The van der Waals surface area contributed by atoms with Crippen molar-refractivity contribution in [1.82, 2.24) is 14.7 Å². The molecule has 0 aromatic carbocycles. The first kappa shape index (κ1) is 17.7. The minimum absolute atomic E-state index is 0.374. The molecule has 0 atom stereocenters. The molecule has 2 aromatic heterocycles. The van der Waals surface area contributed by atoms with E-state index in [0.717, 1.165) is 15.9 Å². The van der Waals surface area contributed by atoms with Crippen LogP contribution in [-0.4, -0.2) is 40.7 Å². The third-order valence-electron chi connectivity index (χ3n) is 3.27. The lowest BCUT2D eigenvalue weighted by atomic mass is 10.3. The number of hydrogen-bond acceptors (Lipinski definition) is 4.